The smallest absolute Gasteiger partial charge is 0.122 e. The standard InChI is InChI=1S/C11H16O/c1-5-10-9(4)8(3)7-12-11(10)6-2/h5-6H,7H2,1-4H3/b10-5-,11-6+. The summed E-state index contributed by atoms with van der Waals surface area (Å²) in [5.41, 5.74) is 3.92. The molecule has 1 aliphatic heterocycles. The lowest BCUT2D eigenvalue weighted by molar-refractivity contribution is 0.239. The van der Waals surface area contributed by atoms with Gasteiger partial charge in [0.15, 0.2) is 0 Å². The molecule has 0 bridgehead atoms. The number of hydrogen-bond donors (Lipinski definition) is 0. The summed E-state index contributed by atoms with van der Waals surface area (Å²) in [5, 5.41) is 0. The van der Waals surface area contributed by atoms with Gasteiger partial charge in [0.25, 0.3) is 0 Å². The Hall–Kier alpha value is -0.980. The lowest BCUT2D eigenvalue weighted by atomic mass is 9.98. The molecular formula is C11H16O. The molecule has 0 unspecified atom stereocenters. The third-order valence-corrected chi connectivity index (χ3v) is 2.30. The summed E-state index contributed by atoms with van der Waals surface area (Å²) in [6, 6.07) is 0. The van der Waals surface area contributed by atoms with E-state index in [9.17, 15) is 0 Å². The lowest BCUT2D eigenvalue weighted by Gasteiger charge is -2.22. The third-order valence-electron chi connectivity index (χ3n) is 2.30. The fraction of sp³-hybridized carbons (Fsp3) is 0.455. The van der Waals surface area contributed by atoms with Gasteiger partial charge in [-0.05, 0) is 44.9 Å². The average Bonchev–Trinajstić information content (AvgIpc) is 2.09. The zero-order chi connectivity index (χ0) is 9.14. The number of hydrogen-bond acceptors (Lipinski definition) is 1. The van der Waals surface area contributed by atoms with E-state index >= 15 is 0 Å². The molecule has 0 aliphatic carbocycles. The van der Waals surface area contributed by atoms with Crippen LogP contribution in [0, 0.1) is 0 Å². The summed E-state index contributed by atoms with van der Waals surface area (Å²) in [6.45, 7) is 9.06. The van der Waals surface area contributed by atoms with Crippen LogP contribution >= 0.6 is 0 Å². The normalized spacial score (nSPS) is 25.0. The highest BCUT2D eigenvalue weighted by molar-refractivity contribution is 5.46. The summed E-state index contributed by atoms with van der Waals surface area (Å²) in [7, 11) is 0. The molecule has 0 amide bonds. The fourth-order valence-electron chi connectivity index (χ4n) is 1.38. The molecule has 1 aliphatic rings. The van der Waals surface area contributed by atoms with Gasteiger partial charge in [0, 0.05) is 5.57 Å². The Morgan fingerprint density at radius 2 is 1.83 bits per heavy atom. The maximum absolute atomic E-state index is 5.55. The van der Waals surface area contributed by atoms with Crippen LogP contribution < -0.4 is 0 Å². The summed E-state index contributed by atoms with van der Waals surface area (Å²) in [5.74, 6) is 1.01. The van der Waals surface area contributed by atoms with Crippen LogP contribution in [0.15, 0.2) is 34.6 Å². The van der Waals surface area contributed by atoms with E-state index in [0.29, 0.717) is 0 Å². The van der Waals surface area contributed by atoms with E-state index in [4.69, 9.17) is 4.74 Å². The molecular weight excluding hydrogens is 148 g/mol. The van der Waals surface area contributed by atoms with Crippen LogP contribution in [0.4, 0.5) is 0 Å². The summed E-state index contributed by atoms with van der Waals surface area (Å²) < 4.78 is 5.55. The molecule has 0 spiro atoms. The number of rotatable bonds is 0. The van der Waals surface area contributed by atoms with Crippen molar-refractivity contribution in [3.63, 3.8) is 0 Å². The largest absolute Gasteiger partial charge is 0.489 e. The molecule has 0 atom stereocenters. The molecule has 0 fully saturated rings. The molecule has 1 heterocycles. The highest BCUT2D eigenvalue weighted by atomic mass is 16.5. The van der Waals surface area contributed by atoms with Crippen LogP contribution in [0.2, 0.25) is 0 Å². The van der Waals surface area contributed by atoms with Crippen molar-refractivity contribution in [1.82, 2.24) is 0 Å². The summed E-state index contributed by atoms with van der Waals surface area (Å²) >= 11 is 0. The highest BCUT2D eigenvalue weighted by Gasteiger charge is 2.14. The lowest BCUT2D eigenvalue weighted by Crippen LogP contribution is -2.09. The highest BCUT2D eigenvalue weighted by Crippen LogP contribution is 2.28. The van der Waals surface area contributed by atoms with Gasteiger partial charge >= 0.3 is 0 Å². The Balaban J connectivity index is 3.11. The van der Waals surface area contributed by atoms with Crippen molar-refractivity contribution in [1.29, 1.82) is 0 Å². The number of allylic oxidation sites excluding steroid dienone is 3. The predicted octanol–water partition coefficient (Wildman–Crippen LogP) is 3.20. The minimum atomic E-state index is 0.739. The molecule has 0 aromatic carbocycles. The SMILES string of the molecule is C/C=C1/C(C)=C(C)CO/C1=C/C. The predicted molar refractivity (Wildman–Crippen MR) is 51.8 cm³/mol. The van der Waals surface area contributed by atoms with Crippen LogP contribution in [-0.2, 0) is 4.74 Å². The first-order valence-electron chi connectivity index (χ1n) is 4.33. The van der Waals surface area contributed by atoms with Crippen molar-refractivity contribution in [2.24, 2.45) is 0 Å². The Morgan fingerprint density at radius 3 is 2.33 bits per heavy atom. The molecule has 0 radical (unpaired) electrons. The van der Waals surface area contributed by atoms with Gasteiger partial charge in [0.2, 0.25) is 0 Å². The van der Waals surface area contributed by atoms with Crippen molar-refractivity contribution in [3.8, 4) is 0 Å². The molecule has 66 valence electrons. The molecule has 12 heavy (non-hydrogen) atoms. The van der Waals surface area contributed by atoms with E-state index in [2.05, 4.69) is 19.9 Å². The van der Waals surface area contributed by atoms with Crippen LogP contribution in [0.3, 0.4) is 0 Å². The Kier molecular flexibility index (Phi) is 2.74. The zero-order valence-electron chi connectivity index (χ0n) is 8.27. The topological polar surface area (TPSA) is 9.23 Å². The van der Waals surface area contributed by atoms with Gasteiger partial charge in [-0.3, -0.25) is 0 Å². The van der Waals surface area contributed by atoms with Crippen LogP contribution in [0.1, 0.15) is 27.7 Å². The van der Waals surface area contributed by atoms with Crippen molar-refractivity contribution < 1.29 is 4.74 Å². The molecule has 1 nitrogen and oxygen atoms in total. The molecule has 0 saturated carbocycles. The first-order valence-corrected chi connectivity index (χ1v) is 4.33. The van der Waals surface area contributed by atoms with Gasteiger partial charge in [-0.15, -0.1) is 0 Å². The summed E-state index contributed by atoms with van der Waals surface area (Å²) in [4.78, 5) is 0. The second kappa shape index (κ2) is 3.61. The minimum absolute atomic E-state index is 0.739. The van der Waals surface area contributed by atoms with Crippen molar-refractivity contribution >= 4 is 0 Å². The molecule has 0 N–H and O–H groups in total. The van der Waals surface area contributed by atoms with Crippen LogP contribution in [0.25, 0.3) is 0 Å². The molecule has 0 aromatic heterocycles. The maximum atomic E-state index is 5.55. The number of ether oxygens (including phenoxy) is 1. The fourth-order valence-corrected chi connectivity index (χ4v) is 1.38. The first-order chi connectivity index (χ1) is 5.70. The monoisotopic (exact) mass is 164 g/mol. The van der Waals surface area contributed by atoms with Gasteiger partial charge in [0.1, 0.15) is 12.4 Å². The van der Waals surface area contributed by atoms with Gasteiger partial charge in [-0.25, -0.2) is 0 Å². The van der Waals surface area contributed by atoms with E-state index in [1.807, 2.05) is 19.9 Å². The van der Waals surface area contributed by atoms with E-state index in [-0.39, 0.29) is 0 Å². The quantitative estimate of drug-likeness (QED) is 0.534. The zero-order valence-corrected chi connectivity index (χ0v) is 8.27. The maximum Gasteiger partial charge on any atom is 0.122 e. The third kappa shape index (κ3) is 1.45. The van der Waals surface area contributed by atoms with Gasteiger partial charge in [0.05, 0.1) is 0 Å². The van der Waals surface area contributed by atoms with Crippen molar-refractivity contribution in [2.75, 3.05) is 6.61 Å². The van der Waals surface area contributed by atoms with Crippen molar-refractivity contribution in [3.05, 3.63) is 34.6 Å². The van der Waals surface area contributed by atoms with Crippen LogP contribution in [-0.4, -0.2) is 6.61 Å². The average molecular weight is 164 g/mol. The van der Waals surface area contributed by atoms with Crippen LogP contribution in [0.5, 0.6) is 0 Å². The van der Waals surface area contributed by atoms with E-state index in [1.54, 1.807) is 0 Å². The van der Waals surface area contributed by atoms with E-state index in [0.717, 1.165) is 12.4 Å². The molecule has 0 aromatic rings. The van der Waals surface area contributed by atoms with Gasteiger partial charge < -0.3 is 4.74 Å². The Labute approximate surface area is 74.4 Å². The Bertz CT molecular complexity index is 267. The van der Waals surface area contributed by atoms with E-state index in [1.165, 1.54) is 16.7 Å². The van der Waals surface area contributed by atoms with Gasteiger partial charge in [-0.1, -0.05) is 6.08 Å². The van der Waals surface area contributed by atoms with Gasteiger partial charge in [-0.2, -0.15) is 0 Å². The summed E-state index contributed by atoms with van der Waals surface area (Å²) in [6.07, 6.45) is 4.12. The molecule has 1 rings (SSSR count). The van der Waals surface area contributed by atoms with Crippen molar-refractivity contribution in [2.45, 2.75) is 27.7 Å². The molecule has 1 heteroatoms. The Morgan fingerprint density at radius 1 is 1.17 bits per heavy atom. The minimum Gasteiger partial charge on any atom is -0.489 e. The second-order valence-electron chi connectivity index (χ2n) is 3.05. The first kappa shape index (κ1) is 9.11. The van der Waals surface area contributed by atoms with E-state index < -0.39 is 0 Å². The molecule has 0 saturated heterocycles. The second-order valence-corrected chi connectivity index (χ2v) is 3.05.